The molecule has 4 amide bonds. The zero-order chi connectivity index (χ0) is 52.1. The summed E-state index contributed by atoms with van der Waals surface area (Å²) >= 11 is 0. The largest absolute Gasteiger partial charge is 0.465 e. The molecule has 1 aliphatic carbocycles. The average Bonchev–Trinajstić information content (AvgIpc) is 3.65. The van der Waals surface area contributed by atoms with Crippen LogP contribution < -0.4 is 20.5 Å². The highest BCUT2D eigenvalue weighted by molar-refractivity contribution is 7.57. The van der Waals surface area contributed by atoms with Gasteiger partial charge >= 0.3 is 13.5 Å². The summed E-state index contributed by atoms with van der Waals surface area (Å²) in [7, 11) is -2.87. The quantitative estimate of drug-likeness (QED) is 0.0796. The van der Waals surface area contributed by atoms with Crippen LogP contribution in [0.1, 0.15) is 108 Å². The number of carbonyl (C=O) groups excluding carboxylic acids is 5. The SMILES string of the molecule is CCCOC(=O)[C@H](C)NP(=O)(Oc1ccccc1)[C@@H](F)c1ccc2ccc(C(=O)N[C@H]3CN(C(=O)c4noc5ccc(C)cc45)CC[C@H]4CC[C@@H](C(=O)N5C[C@@H](c6ccn(C)c(=O)c6)CC56CC6)N4C3=O)cc2c1. The van der Waals surface area contributed by atoms with Gasteiger partial charge in [-0.2, -0.15) is 0 Å². The lowest BCUT2D eigenvalue weighted by Crippen LogP contribution is -2.61. The number of carbonyl (C=O) groups is 5. The number of aryl methyl sites for hydroxylation is 2. The Morgan fingerprint density at radius 3 is 2.47 bits per heavy atom. The first kappa shape index (κ1) is 50.4. The van der Waals surface area contributed by atoms with E-state index in [1.165, 1.54) is 46.7 Å². The summed E-state index contributed by atoms with van der Waals surface area (Å²) in [4.78, 5) is 89.8. The molecule has 1 spiro atoms. The van der Waals surface area contributed by atoms with E-state index in [4.69, 9.17) is 13.8 Å². The van der Waals surface area contributed by atoms with Crippen LogP contribution in [0.15, 0.2) is 113 Å². The summed E-state index contributed by atoms with van der Waals surface area (Å²) in [6.45, 7) is 5.61. The number of hydrogen-bond acceptors (Lipinski definition) is 11. The van der Waals surface area contributed by atoms with Crippen LogP contribution in [-0.4, -0.2) is 110 Å². The fourth-order valence-electron chi connectivity index (χ4n) is 10.9. The zero-order valence-electron chi connectivity index (χ0n) is 41.7. The van der Waals surface area contributed by atoms with E-state index in [1.54, 1.807) is 66.7 Å². The molecule has 10 rings (SSSR count). The van der Waals surface area contributed by atoms with Gasteiger partial charge in [0.25, 0.3) is 17.4 Å². The van der Waals surface area contributed by atoms with Crippen molar-refractivity contribution in [2.75, 3.05) is 26.2 Å². The van der Waals surface area contributed by atoms with Gasteiger partial charge in [-0.25, -0.2) is 9.48 Å². The van der Waals surface area contributed by atoms with Crippen molar-refractivity contribution in [2.24, 2.45) is 7.05 Å². The number of halogens is 1. The standard InChI is InChI=1S/C55H59FN7O10P/c1-5-25-71-54(69)34(3)59-74(70,73-42-9-7-6-8-10-42)49(56)37-14-12-35-13-15-38(28-39(35)27-37)50(65)57-44-32-61(53(68)48-43-26-33(2)11-18-46(43)72-58-48)24-20-41-16-17-45(63(41)51(44)66)52(67)62-31-40(30-55(62)21-22-55)36-19-23-60(4)47(64)29-36/h6-15,18-19,23,26-29,34,40-41,44-45,49H,5,16-17,20-22,24-25,30-32H2,1-4H3,(H,57,65)(H,59,70)/t34-,40-,41+,44-,45-,49+,74?/m0/s1. The number of likely N-dealkylation sites (tertiary alicyclic amines) is 1. The molecule has 4 aromatic carbocycles. The molecule has 17 nitrogen and oxygen atoms in total. The molecule has 2 N–H and O–H groups in total. The number of fused-ring (bicyclic) bond motifs is 3. The molecule has 74 heavy (non-hydrogen) atoms. The maximum Gasteiger partial charge on any atom is 0.355 e. The summed E-state index contributed by atoms with van der Waals surface area (Å²) in [5.74, 6) is -4.77. The Morgan fingerprint density at radius 1 is 0.932 bits per heavy atom. The van der Waals surface area contributed by atoms with Gasteiger partial charge in [0.05, 0.1) is 18.5 Å². The predicted octanol–water partition coefficient (Wildman–Crippen LogP) is 7.71. The smallest absolute Gasteiger partial charge is 0.355 e. The van der Waals surface area contributed by atoms with Crippen molar-refractivity contribution in [1.82, 2.24) is 34.8 Å². The van der Waals surface area contributed by atoms with Crippen molar-refractivity contribution < 1.29 is 46.7 Å². The zero-order valence-corrected chi connectivity index (χ0v) is 42.6. The number of ether oxygens (including phenoxy) is 1. The fraction of sp³-hybridized carbons (Fsp3) is 0.400. The van der Waals surface area contributed by atoms with Crippen LogP contribution in [0.5, 0.6) is 5.75 Å². The number of rotatable bonds is 14. The van der Waals surface area contributed by atoms with Crippen molar-refractivity contribution in [1.29, 1.82) is 0 Å². The highest BCUT2D eigenvalue weighted by Crippen LogP contribution is 2.58. The number of amides is 4. The summed E-state index contributed by atoms with van der Waals surface area (Å²) in [6.07, 6.45) is 5.92. The van der Waals surface area contributed by atoms with Crippen molar-refractivity contribution in [2.45, 2.75) is 107 Å². The van der Waals surface area contributed by atoms with Crippen molar-refractivity contribution in [3.63, 3.8) is 0 Å². The van der Waals surface area contributed by atoms with Gasteiger partial charge in [0.2, 0.25) is 17.7 Å². The molecule has 5 heterocycles. The highest BCUT2D eigenvalue weighted by atomic mass is 31.2. The van der Waals surface area contributed by atoms with Crippen molar-refractivity contribution >= 4 is 58.9 Å². The van der Waals surface area contributed by atoms with Gasteiger partial charge in [0, 0.05) is 55.5 Å². The molecule has 386 valence electrons. The molecule has 6 aromatic rings. The lowest BCUT2D eigenvalue weighted by atomic mass is 9.96. The van der Waals surface area contributed by atoms with E-state index in [2.05, 4.69) is 15.6 Å². The van der Waals surface area contributed by atoms with Crippen LogP contribution in [0.25, 0.3) is 21.7 Å². The number of alkyl halides is 1. The van der Waals surface area contributed by atoms with Gasteiger partial charge in [0.15, 0.2) is 11.3 Å². The maximum atomic E-state index is 16.9. The van der Waals surface area contributed by atoms with E-state index in [-0.39, 0.29) is 65.2 Å². The van der Waals surface area contributed by atoms with E-state index in [0.29, 0.717) is 60.4 Å². The van der Waals surface area contributed by atoms with Crippen LogP contribution >= 0.6 is 7.52 Å². The molecular formula is C55H59FN7O10P. The van der Waals surface area contributed by atoms with Crippen molar-refractivity contribution in [3.05, 3.63) is 142 Å². The number of pyridine rings is 1. The van der Waals surface area contributed by atoms with E-state index in [9.17, 15) is 28.5 Å². The summed E-state index contributed by atoms with van der Waals surface area (Å²) in [5, 5.41) is 11.2. The van der Waals surface area contributed by atoms with E-state index >= 15 is 9.18 Å². The van der Waals surface area contributed by atoms with Crippen LogP contribution in [0, 0.1) is 6.92 Å². The third kappa shape index (κ3) is 9.84. The molecule has 3 aliphatic heterocycles. The summed E-state index contributed by atoms with van der Waals surface area (Å²) in [5.41, 5.74) is 1.82. The molecule has 1 saturated carbocycles. The third-order valence-corrected chi connectivity index (χ3v) is 17.2. The summed E-state index contributed by atoms with van der Waals surface area (Å²) < 4.78 is 49.6. The topological polar surface area (TPSA) is 203 Å². The number of nitrogens with one attached hydrogen (secondary N) is 2. The van der Waals surface area contributed by atoms with Gasteiger partial charge in [-0.05, 0) is 129 Å². The first-order chi connectivity index (χ1) is 35.5. The second-order valence-electron chi connectivity index (χ2n) is 20.2. The Hall–Kier alpha value is -7.17. The Labute approximate surface area is 426 Å². The molecule has 1 unspecified atom stereocenters. The molecule has 4 aliphatic rings. The maximum absolute atomic E-state index is 16.9. The van der Waals surface area contributed by atoms with Gasteiger partial charge < -0.3 is 38.4 Å². The lowest BCUT2D eigenvalue weighted by Gasteiger charge is -2.40. The predicted molar refractivity (Wildman–Crippen MR) is 273 cm³/mol. The minimum Gasteiger partial charge on any atom is -0.465 e. The van der Waals surface area contributed by atoms with Crippen molar-refractivity contribution in [3.8, 4) is 5.75 Å². The monoisotopic (exact) mass is 1030 g/mol. The number of benzene rings is 4. The number of nitrogens with zero attached hydrogens (tertiary/aromatic N) is 5. The second kappa shape index (κ2) is 20.3. The molecule has 0 bridgehead atoms. The lowest BCUT2D eigenvalue weighted by molar-refractivity contribution is -0.148. The Kier molecular flexibility index (Phi) is 13.8. The molecule has 19 heteroatoms. The third-order valence-electron chi connectivity index (χ3n) is 15.1. The van der Waals surface area contributed by atoms with Crippen LogP contribution in [0.3, 0.4) is 0 Å². The van der Waals surface area contributed by atoms with E-state index in [1.807, 2.05) is 36.9 Å². The fourth-order valence-corrected chi connectivity index (χ4v) is 12.8. The number of para-hydroxylation sites is 1. The molecule has 4 fully saturated rings. The molecule has 2 aromatic heterocycles. The highest BCUT2D eigenvalue weighted by Gasteiger charge is 2.59. The van der Waals surface area contributed by atoms with E-state index in [0.717, 1.165) is 24.0 Å². The Morgan fingerprint density at radius 2 is 1.72 bits per heavy atom. The molecule has 0 radical (unpaired) electrons. The number of esters is 1. The van der Waals surface area contributed by atoms with Gasteiger partial charge in [0.1, 0.15) is 23.9 Å². The minimum atomic E-state index is -4.57. The van der Waals surface area contributed by atoms with Crippen LogP contribution in [-0.2, 0) is 30.7 Å². The first-order valence-corrected chi connectivity index (χ1v) is 27.0. The molecule has 7 atom stereocenters. The minimum absolute atomic E-state index is 0.0407. The summed E-state index contributed by atoms with van der Waals surface area (Å²) in [6, 6.07) is 22.5. The first-order valence-electron chi connectivity index (χ1n) is 25.3. The van der Waals surface area contributed by atoms with Crippen LogP contribution in [0.4, 0.5) is 4.39 Å². The molecular weight excluding hydrogens is 969 g/mol. The average molecular weight is 1030 g/mol. The second-order valence-corrected chi connectivity index (χ2v) is 22.3. The Balaban J connectivity index is 0.939. The van der Waals surface area contributed by atoms with E-state index < -0.39 is 61.3 Å². The Bertz CT molecular complexity index is 3290. The van der Waals surface area contributed by atoms with Crippen LogP contribution in [0.2, 0.25) is 0 Å². The van der Waals surface area contributed by atoms with Gasteiger partial charge in [-0.1, -0.05) is 60.1 Å². The number of hydrogen-bond donors (Lipinski definition) is 2. The van der Waals surface area contributed by atoms with Gasteiger partial charge in [-0.15, -0.1) is 0 Å². The molecule has 3 saturated heterocycles. The number of aromatic nitrogens is 2. The van der Waals surface area contributed by atoms with Gasteiger partial charge in [-0.3, -0.25) is 33.3 Å². The normalized spacial score (nSPS) is 21.9.